The first-order valence-corrected chi connectivity index (χ1v) is 8.49. The molecule has 0 atom stereocenters. The van der Waals surface area contributed by atoms with Crippen LogP contribution in [0.1, 0.15) is 18.4 Å². The Morgan fingerprint density at radius 1 is 1.04 bits per heavy atom. The van der Waals surface area contributed by atoms with Crippen molar-refractivity contribution in [3.8, 4) is 17.2 Å². The van der Waals surface area contributed by atoms with Crippen molar-refractivity contribution in [1.29, 1.82) is 0 Å². The van der Waals surface area contributed by atoms with Gasteiger partial charge in [0.1, 0.15) is 11.6 Å². The van der Waals surface area contributed by atoms with Crippen LogP contribution in [-0.4, -0.2) is 26.0 Å². The van der Waals surface area contributed by atoms with Crippen molar-refractivity contribution >= 4 is 6.03 Å². The maximum atomic E-state index is 12.8. The van der Waals surface area contributed by atoms with Crippen LogP contribution in [0.3, 0.4) is 0 Å². The molecule has 2 aromatic carbocycles. The molecule has 3 rings (SSSR count). The van der Waals surface area contributed by atoms with E-state index >= 15 is 0 Å². The van der Waals surface area contributed by atoms with Gasteiger partial charge in [0.15, 0.2) is 11.5 Å². The number of urea groups is 1. The van der Waals surface area contributed by atoms with Gasteiger partial charge in [0.25, 0.3) is 0 Å². The summed E-state index contributed by atoms with van der Waals surface area (Å²) < 4.78 is 28.8. The van der Waals surface area contributed by atoms with Gasteiger partial charge in [-0.05, 0) is 54.8 Å². The summed E-state index contributed by atoms with van der Waals surface area (Å²) in [6, 6.07) is 11.3. The van der Waals surface area contributed by atoms with E-state index in [1.54, 1.807) is 12.1 Å². The molecule has 2 aromatic rings. The highest BCUT2D eigenvalue weighted by atomic mass is 19.1. The molecule has 0 aromatic heterocycles. The first-order chi connectivity index (χ1) is 12.7. The number of halogens is 1. The zero-order valence-electron chi connectivity index (χ0n) is 14.3. The lowest BCUT2D eigenvalue weighted by molar-refractivity contribution is 0.174. The molecule has 2 amide bonds. The molecule has 1 aliphatic rings. The average molecular weight is 360 g/mol. The molecule has 0 saturated carbocycles. The Hall–Kier alpha value is -2.96. The Morgan fingerprint density at radius 2 is 1.85 bits per heavy atom. The summed E-state index contributed by atoms with van der Waals surface area (Å²) in [7, 11) is 0. The summed E-state index contributed by atoms with van der Waals surface area (Å²) in [4.78, 5) is 11.8. The van der Waals surface area contributed by atoms with E-state index in [0.29, 0.717) is 31.2 Å². The number of amides is 2. The summed E-state index contributed by atoms with van der Waals surface area (Å²) in [5.41, 5.74) is 0.942. The van der Waals surface area contributed by atoms with E-state index in [1.165, 1.54) is 12.1 Å². The van der Waals surface area contributed by atoms with E-state index in [-0.39, 0.29) is 18.6 Å². The van der Waals surface area contributed by atoms with Crippen LogP contribution in [0.4, 0.5) is 9.18 Å². The summed E-state index contributed by atoms with van der Waals surface area (Å²) in [6.07, 6.45) is 1.58. The number of nitrogens with one attached hydrogen (secondary N) is 2. The van der Waals surface area contributed by atoms with Crippen molar-refractivity contribution in [3.05, 3.63) is 53.8 Å². The normalized spacial score (nSPS) is 11.9. The zero-order valence-corrected chi connectivity index (χ0v) is 14.3. The highest BCUT2D eigenvalue weighted by Crippen LogP contribution is 2.32. The van der Waals surface area contributed by atoms with Crippen molar-refractivity contribution in [3.63, 3.8) is 0 Å². The van der Waals surface area contributed by atoms with Gasteiger partial charge in [-0.1, -0.05) is 6.07 Å². The Morgan fingerprint density at radius 3 is 2.69 bits per heavy atom. The third kappa shape index (κ3) is 5.27. The number of fused-ring (bicyclic) bond motifs is 1. The van der Waals surface area contributed by atoms with E-state index in [4.69, 9.17) is 14.2 Å². The maximum Gasteiger partial charge on any atom is 0.315 e. The molecule has 1 aliphatic heterocycles. The van der Waals surface area contributed by atoms with Crippen LogP contribution >= 0.6 is 0 Å². The van der Waals surface area contributed by atoms with Crippen LogP contribution in [0.15, 0.2) is 42.5 Å². The second-order valence-electron chi connectivity index (χ2n) is 5.81. The Kier molecular flexibility index (Phi) is 6.14. The van der Waals surface area contributed by atoms with Crippen molar-refractivity contribution in [2.24, 2.45) is 0 Å². The fourth-order valence-corrected chi connectivity index (χ4v) is 2.45. The van der Waals surface area contributed by atoms with Crippen LogP contribution in [-0.2, 0) is 6.54 Å². The third-order valence-electron chi connectivity index (χ3n) is 3.83. The van der Waals surface area contributed by atoms with Gasteiger partial charge >= 0.3 is 6.03 Å². The van der Waals surface area contributed by atoms with Gasteiger partial charge in [-0.25, -0.2) is 9.18 Å². The standard InChI is InChI=1S/C19H21FN2O4/c20-15-4-6-16(7-5-15)24-10-2-1-9-21-19(23)22-12-14-3-8-17-18(11-14)26-13-25-17/h3-8,11H,1-2,9-10,12-13H2,(H2,21,22,23). The highest BCUT2D eigenvalue weighted by molar-refractivity contribution is 5.73. The fraction of sp³-hybridized carbons (Fsp3) is 0.316. The number of hydrogen-bond acceptors (Lipinski definition) is 4. The number of benzene rings is 2. The van der Waals surface area contributed by atoms with E-state index in [2.05, 4.69) is 10.6 Å². The molecule has 0 aliphatic carbocycles. The van der Waals surface area contributed by atoms with Gasteiger partial charge in [-0.3, -0.25) is 0 Å². The summed E-state index contributed by atoms with van der Waals surface area (Å²) in [5, 5.41) is 5.60. The Labute approximate surface area is 151 Å². The van der Waals surface area contributed by atoms with Crippen molar-refractivity contribution in [2.75, 3.05) is 19.9 Å². The van der Waals surface area contributed by atoms with E-state index in [0.717, 1.165) is 24.2 Å². The van der Waals surface area contributed by atoms with E-state index in [9.17, 15) is 9.18 Å². The van der Waals surface area contributed by atoms with Crippen molar-refractivity contribution in [2.45, 2.75) is 19.4 Å². The lowest BCUT2D eigenvalue weighted by Crippen LogP contribution is -2.35. The van der Waals surface area contributed by atoms with Gasteiger partial charge in [0, 0.05) is 13.1 Å². The number of ether oxygens (including phenoxy) is 3. The molecule has 1 heterocycles. The summed E-state index contributed by atoms with van der Waals surface area (Å²) in [5.74, 6) is 1.78. The van der Waals surface area contributed by atoms with Crippen molar-refractivity contribution < 1.29 is 23.4 Å². The van der Waals surface area contributed by atoms with Gasteiger partial charge in [-0.2, -0.15) is 0 Å². The summed E-state index contributed by atoms with van der Waals surface area (Å²) in [6.45, 7) is 1.72. The first-order valence-electron chi connectivity index (χ1n) is 8.49. The average Bonchev–Trinajstić information content (AvgIpc) is 3.12. The van der Waals surface area contributed by atoms with Gasteiger partial charge < -0.3 is 24.8 Å². The molecule has 0 bridgehead atoms. The molecule has 0 saturated heterocycles. The number of rotatable bonds is 8. The molecule has 138 valence electrons. The minimum atomic E-state index is -0.284. The van der Waals surface area contributed by atoms with Gasteiger partial charge in [-0.15, -0.1) is 0 Å². The van der Waals surface area contributed by atoms with Crippen LogP contribution in [0.25, 0.3) is 0 Å². The molecule has 0 radical (unpaired) electrons. The van der Waals surface area contributed by atoms with Gasteiger partial charge in [0.05, 0.1) is 6.61 Å². The topological polar surface area (TPSA) is 68.8 Å². The highest BCUT2D eigenvalue weighted by Gasteiger charge is 2.13. The molecular weight excluding hydrogens is 339 g/mol. The largest absolute Gasteiger partial charge is 0.494 e. The maximum absolute atomic E-state index is 12.8. The number of carbonyl (C=O) groups is 1. The molecule has 7 heteroatoms. The Balaban J connectivity index is 1.25. The number of carbonyl (C=O) groups excluding carboxylic acids is 1. The number of unbranched alkanes of at least 4 members (excludes halogenated alkanes) is 1. The molecule has 26 heavy (non-hydrogen) atoms. The fourth-order valence-electron chi connectivity index (χ4n) is 2.45. The molecule has 6 nitrogen and oxygen atoms in total. The second-order valence-corrected chi connectivity index (χ2v) is 5.81. The SMILES string of the molecule is O=C(NCCCCOc1ccc(F)cc1)NCc1ccc2c(c1)OCO2. The monoisotopic (exact) mass is 360 g/mol. The molecule has 0 spiro atoms. The van der Waals surface area contributed by atoms with Crippen molar-refractivity contribution in [1.82, 2.24) is 10.6 Å². The smallest absolute Gasteiger partial charge is 0.315 e. The first kappa shape index (κ1) is 17.8. The molecule has 0 unspecified atom stereocenters. The molecule has 2 N–H and O–H groups in total. The van der Waals surface area contributed by atoms with Gasteiger partial charge in [0.2, 0.25) is 6.79 Å². The molecular formula is C19H21FN2O4. The lowest BCUT2D eigenvalue weighted by Gasteiger charge is -2.09. The van der Waals surface area contributed by atoms with Crippen LogP contribution in [0.2, 0.25) is 0 Å². The predicted octanol–water partition coefficient (Wildman–Crippen LogP) is 3.21. The van der Waals surface area contributed by atoms with E-state index < -0.39 is 0 Å². The number of hydrogen-bond donors (Lipinski definition) is 2. The van der Waals surface area contributed by atoms with Crippen LogP contribution < -0.4 is 24.8 Å². The lowest BCUT2D eigenvalue weighted by atomic mass is 10.2. The third-order valence-corrected chi connectivity index (χ3v) is 3.83. The molecule has 0 fully saturated rings. The predicted molar refractivity (Wildman–Crippen MR) is 93.9 cm³/mol. The summed E-state index contributed by atoms with van der Waals surface area (Å²) >= 11 is 0. The van der Waals surface area contributed by atoms with E-state index in [1.807, 2.05) is 18.2 Å². The quantitative estimate of drug-likeness (QED) is 0.710. The zero-order chi connectivity index (χ0) is 18.2. The Bertz CT molecular complexity index is 737. The van der Waals surface area contributed by atoms with Crippen LogP contribution in [0.5, 0.6) is 17.2 Å². The second kappa shape index (κ2) is 8.94. The minimum absolute atomic E-state index is 0.220. The van der Waals surface area contributed by atoms with Crippen LogP contribution in [0, 0.1) is 5.82 Å². The minimum Gasteiger partial charge on any atom is -0.494 e.